The van der Waals surface area contributed by atoms with E-state index in [1.54, 1.807) is 18.3 Å². The van der Waals surface area contributed by atoms with E-state index >= 15 is 0 Å². The van der Waals surface area contributed by atoms with Crippen LogP contribution in [0.25, 0.3) is 0 Å². The summed E-state index contributed by atoms with van der Waals surface area (Å²) >= 11 is 1.61. The van der Waals surface area contributed by atoms with Gasteiger partial charge in [-0.2, -0.15) is 0 Å². The Labute approximate surface area is 171 Å². The second-order valence-electron chi connectivity index (χ2n) is 8.92. The molecule has 1 aromatic rings. The predicted molar refractivity (Wildman–Crippen MR) is 110 cm³/mol. The third-order valence-electron chi connectivity index (χ3n) is 6.48. The molecule has 0 radical (unpaired) electrons. The Hall–Kier alpha value is -1.51. The van der Waals surface area contributed by atoms with Crippen LogP contribution in [0.1, 0.15) is 51.6 Å². The van der Waals surface area contributed by atoms with Crippen LogP contribution in [0.4, 0.5) is 0 Å². The zero-order chi connectivity index (χ0) is 21.3. The van der Waals surface area contributed by atoms with Crippen LogP contribution in [-0.4, -0.2) is 51.8 Å². The Morgan fingerprint density at radius 1 is 1.32 bits per heavy atom. The highest BCUT2D eigenvalue weighted by Gasteiger charge is 2.69. The van der Waals surface area contributed by atoms with Gasteiger partial charge in [-0.25, -0.2) is 4.98 Å². The van der Waals surface area contributed by atoms with Gasteiger partial charge in [0.2, 0.25) is 0 Å². The number of nitrogens with one attached hydrogen (secondary N) is 2. The van der Waals surface area contributed by atoms with Crippen LogP contribution in [0.2, 0.25) is 0 Å². The standard InChI is InChI=1S/C20H33N3O4S/c1-7-14-19(6,16(24)25)15(23-20(14,17(26)27)18(3,4)5)10-21-9-8-13-12(2)22-11-28-13/h11,14-15,21,23H,7-10H2,1-6H3,(H,24,25)(H,26,27). The lowest BCUT2D eigenvalue weighted by atomic mass is 9.59. The molecule has 0 spiro atoms. The first-order chi connectivity index (χ1) is 12.9. The van der Waals surface area contributed by atoms with Crippen LogP contribution >= 0.6 is 11.3 Å². The van der Waals surface area contributed by atoms with Crippen molar-refractivity contribution in [3.05, 3.63) is 16.1 Å². The molecular formula is C20H33N3O4S. The van der Waals surface area contributed by atoms with E-state index in [-0.39, 0.29) is 0 Å². The van der Waals surface area contributed by atoms with Crippen molar-refractivity contribution in [2.24, 2.45) is 16.7 Å². The molecule has 0 aliphatic carbocycles. The van der Waals surface area contributed by atoms with Gasteiger partial charge in [-0.05, 0) is 32.1 Å². The van der Waals surface area contributed by atoms with Crippen molar-refractivity contribution < 1.29 is 19.8 Å². The monoisotopic (exact) mass is 411 g/mol. The molecule has 4 unspecified atom stereocenters. The Balaban J connectivity index is 2.25. The fourth-order valence-electron chi connectivity index (χ4n) is 4.79. The third-order valence-corrected chi connectivity index (χ3v) is 7.48. The van der Waals surface area contributed by atoms with Crippen LogP contribution in [0.5, 0.6) is 0 Å². The first-order valence-corrected chi connectivity index (χ1v) is 10.6. The molecule has 28 heavy (non-hydrogen) atoms. The summed E-state index contributed by atoms with van der Waals surface area (Å²) < 4.78 is 0. The van der Waals surface area contributed by atoms with Crippen molar-refractivity contribution >= 4 is 23.3 Å². The highest BCUT2D eigenvalue weighted by atomic mass is 32.1. The summed E-state index contributed by atoms with van der Waals surface area (Å²) in [6.07, 6.45) is 1.28. The average Bonchev–Trinajstić information content (AvgIpc) is 3.11. The van der Waals surface area contributed by atoms with E-state index in [1.165, 1.54) is 4.88 Å². The normalized spacial score (nSPS) is 30.5. The molecule has 158 valence electrons. The average molecular weight is 412 g/mol. The van der Waals surface area contributed by atoms with Gasteiger partial charge in [0, 0.05) is 29.9 Å². The van der Waals surface area contributed by atoms with E-state index in [2.05, 4.69) is 15.6 Å². The van der Waals surface area contributed by atoms with Gasteiger partial charge < -0.3 is 15.5 Å². The van der Waals surface area contributed by atoms with Gasteiger partial charge in [0.05, 0.1) is 16.6 Å². The lowest BCUT2D eigenvalue weighted by Gasteiger charge is -2.44. The first-order valence-electron chi connectivity index (χ1n) is 9.77. The number of thiazole rings is 1. The van der Waals surface area contributed by atoms with E-state index in [4.69, 9.17) is 0 Å². The molecule has 2 heterocycles. The van der Waals surface area contributed by atoms with Crippen molar-refractivity contribution in [2.45, 2.75) is 66.0 Å². The molecule has 1 fully saturated rings. The Morgan fingerprint density at radius 2 is 1.96 bits per heavy atom. The van der Waals surface area contributed by atoms with Gasteiger partial charge in [0.15, 0.2) is 0 Å². The summed E-state index contributed by atoms with van der Waals surface area (Å²) in [5.41, 5.74) is -0.306. The van der Waals surface area contributed by atoms with Crippen molar-refractivity contribution in [3.63, 3.8) is 0 Å². The highest BCUT2D eigenvalue weighted by molar-refractivity contribution is 7.09. The molecule has 2 rings (SSSR count). The van der Waals surface area contributed by atoms with Gasteiger partial charge >= 0.3 is 11.9 Å². The highest BCUT2D eigenvalue weighted by Crippen LogP contribution is 2.53. The topological polar surface area (TPSA) is 112 Å². The maximum atomic E-state index is 12.4. The van der Waals surface area contributed by atoms with E-state index in [0.29, 0.717) is 19.5 Å². The lowest BCUT2D eigenvalue weighted by molar-refractivity contribution is -0.158. The molecule has 0 amide bonds. The van der Waals surface area contributed by atoms with Gasteiger partial charge in [0.25, 0.3) is 0 Å². The fraction of sp³-hybridized carbons (Fsp3) is 0.750. The minimum absolute atomic E-state index is 0.391. The SMILES string of the molecule is CCC1C(C)(C(=O)O)C(CNCCc2scnc2C)NC1(C(=O)O)C(C)(C)C. The maximum Gasteiger partial charge on any atom is 0.324 e. The number of carbonyl (C=O) groups is 2. The zero-order valence-corrected chi connectivity index (χ0v) is 18.4. The van der Waals surface area contributed by atoms with Gasteiger partial charge in [0.1, 0.15) is 5.54 Å². The van der Waals surface area contributed by atoms with Crippen LogP contribution in [0.3, 0.4) is 0 Å². The molecule has 1 aliphatic rings. The van der Waals surface area contributed by atoms with Crippen molar-refractivity contribution in [2.75, 3.05) is 13.1 Å². The molecule has 1 aromatic heterocycles. The Bertz CT molecular complexity index is 729. The quantitative estimate of drug-likeness (QED) is 0.486. The lowest BCUT2D eigenvalue weighted by Crippen LogP contribution is -2.62. The second kappa shape index (κ2) is 8.08. The molecule has 8 heteroatoms. The minimum Gasteiger partial charge on any atom is -0.481 e. The largest absolute Gasteiger partial charge is 0.481 e. The fourth-order valence-corrected chi connectivity index (χ4v) is 5.58. The number of rotatable bonds is 8. The molecule has 0 saturated carbocycles. The van der Waals surface area contributed by atoms with Crippen LogP contribution < -0.4 is 10.6 Å². The molecule has 7 nitrogen and oxygen atoms in total. The number of aryl methyl sites for hydroxylation is 1. The smallest absolute Gasteiger partial charge is 0.324 e. The van der Waals surface area contributed by atoms with Gasteiger partial charge in [-0.3, -0.25) is 14.9 Å². The molecule has 0 bridgehead atoms. The number of aromatic nitrogens is 1. The predicted octanol–water partition coefficient (Wildman–Crippen LogP) is 2.54. The van der Waals surface area contributed by atoms with Crippen molar-refractivity contribution in [1.29, 1.82) is 0 Å². The molecular weight excluding hydrogens is 378 g/mol. The number of aliphatic carboxylic acids is 2. The van der Waals surface area contributed by atoms with Crippen LogP contribution in [0, 0.1) is 23.7 Å². The van der Waals surface area contributed by atoms with Gasteiger partial charge in [-0.15, -0.1) is 11.3 Å². The number of hydrogen-bond acceptors (Lipinski definition) is 6. The third kappa shape index (κ3) is 3.57. The first kappa shape index (κ1) is 22.8. The van der Waals surface area contributed by atoms with E-state index in [9.17, 15) is 19.8 Å². The Morgan fingerprint density at radius 3 is 2.39 bits per heavy atom. The van der Waals surface area contributed by atoms with E-state index < -0.39 is 40.3 Å². The Kier molecular flexibility index (Phi) is 6.57. The molecule has 1 aliphatic heterocycles. The second-order valence-corrected chi connectivity index (χ2v) is 9.86. The van der Waals surface area contributed by atoms with Gasteiger partial charge in [-0.1, -0.05) is 27.7 Å². The number of hydrogen-bond donors (Lipinski definition) is 4. The number of nitrogens with zero attached hydrogens (tertiary/aromatic N) is 1. The zero-order valence-electron chi connectivity index (χ0n) is 17.6. The summed E-state index contributed by atoms with van der Waals surface area (Å²) in [6.45, 7) is 12.2. The summed E-state index contributed by atoms with van der Waals surface area (Å²) in [4.78, 5) is 30.2. The maximum absolute atomic E-state index is 12.4. The van der Waals surface area contributed by atoms with Crippen molar-refractivity contribution in [3.8, 4) is 0 Å². The summed E-state index contributed by atoms with van der Waals surface area (Å²) in [7, 11) is 0. The summed E-state index contributed by atoms with van der Waals surface area (Å²) in [5.74, 6) is -2.48. The van der Waals surface area contributed by atoms with Crippen LogP contribution in [-0.2, 0) is 16.0 Å². The molecule has 1 saturated heterocycles. The molecule has 0 aromatic carbocycles. The van der Waals surface area contributed by atoms with E-state index in [0.717, 1.165) is 12.1 Å². The number of carboxylic acid groups (broad SMARTS) is 2. The van der Waals surface area contributed by atoms with Crippen LogP contribution in [0.15, 0.2) is 5.51 Å². The van der Waals surface area contributed by atoms with Crippen molar-refractivity contribution in [1.82, 2.24) is 15.6 Å². The molecule has 4 N–H and O–H groups in total. The molecule has 4 atom stereocenters. The summed E-state index contributed by atoms with van der Waals surface area (Å²) in [5, 5.41) is 26.9. The minimum atomic E-state index is -1.31. The summed E-state index contributed by atoms with van der Waals surface area (Å²) in [6, 6.07) is -0.493. The van der Waals surface area contributed by atoms with E-state index in [1.807, 2.05) is 40.1 Å². The number of carboxylic acids is 2.